The third kappa shape index (κ3) is 2.31. The predicted molar refractivity (Wildman–Crippen MR) is 80.4 cm³/mol. The molecule has 0 saturated carbocycles. The second kappa shape index (κ2) is 5.45. The highest BCUT2D eigenvalue weighted by atomic mass is 32.1. The molecule has 1 aromatic rings. The van der Waals surface area contributed by atoms with Crippen LogP contribution in [0.1, 0.15) is 32.6 Å². The van der Waals surface area contributed by atoms with Gasteiger partial charge in [-0.25, -0.2) is 0 Å². The minimum absolute atomic E-state index is 0.488. The molecule has 0 aromatic carbocycles. The molecule has 1 aromatic heterocycles. The minimum Gasteiger partial charge on any atom is -0.343 e. The Morgan fingerprint density at radius 1 is 1.11 bits per heavy atom. The van der Waals surface area contributed by atoms with Crippen molar-refractivity contribution in [1.29, 1.82) is 0 Å². The number of hydrogen-bond acceptors (Lipinski definition) is 3. The molecular formula is C14H24O2SSi. The first-order chi connectivity index (χ1) is 8.60. The van der Waals surface area contributed by atoms with Gasteiger partial charge in [-0.05, 0) is 17.5 Å². The first kappa shape index (κ1) is 14.3. The SMILES string of the molecule is CC[Si](CC)(CC)c1ccc(C2(C)OCCO2)s1. The summed E-state index contributed by atoms with van der Waals surface area (Å²) >= 11 is 1.92. The van der Waals surface area contributed by atoms with Crippen molar-refractivity contribution in [2.24, 2.45) is 0 Å². The number of hydrogen-bond donors (Lipinski definition) is 0. The molecule has 1 aliphatic rings. The maximum Gasteiger partial charge on any atom is 0.201 e. The molecule has 4 heteroatoms. The lowest BCUT2D eigenvalue weighted by molar-refractivity contribution is -0.146. The van der Waals surface area contributed by atoms with Gasteiger partial charge in [0.1, 0.15) is 0 Å². The van der Waals surface area contributed by atoms with Crippen LogP contribution in [0.25, 0.3) is 0 Å². The summed E-state index contributed by atoms with van der Waals surface area (Å²) in [6, 6.07) is 8.54. The molecule has 0 radical (unpaired) electrons. The Morgan fingerprint density at radius 3 is 2.17 bits per heavy atom. The zero-order chi connectivity index (χ0) is 13.2. The van der Waals surface area contributed by atoms with Crippen LogP contribution in [-0.4, -0.2) is 21.3 Å². The van der Waals surface area contributed by atoms with E-state index in [1.807, 2.05) is 18.3 Å². The van der Waals surface area contributed by atoms with E-state index in [-0.39, 0.29) is 0 Å². The van der Waals surface area contributed by atoms with Crippen LogP contribution in [0.15, 0.2) is 12.1 Å². The molecule has 0 N–H and O–H groups in total. The molecule has 1 aliphatic heterocycles. The normalized spacial score (nSPS) is 19.3. The molecule has 0 bridgehead atoms. The Bertz CT molecular complexity index is 384. The van der Waals surface area contributed by atoms with Gasteiger partial charge in [-0.1, -0.05) is 45.0 Å². The fraction of sp³-hybridized carbons (Fsp3) is 0.714. The van der Waals surface area contributed by atoms with E-state index in [0.717, 1.165) is 0 Å². The number of ether oxygens (including phenoxy) is 2. The molecule has 0 unspecified atom stereocenters. The van der Waals surface area contributed by atoms with E-state index in [2.05, 4.69) is 32.9 Å². The summed E-state index contributed by atoms with van der Waals surface area (Å²) in [5.74, 6) is -0.488. The van der Waals surface area contributed by atoms with E-state index in [4.69, 9.17) is 9.47 Å². The monoisotopic (exact) mass is 284 g/mol. The van der Waals surface area contributed by atoms with Gasteiger partial charge in [0.05, 0.1) is 26.2 Å². The third-order valence-corrected chi connectivity index (χ3v) is 12.4. The van der Waals surface area contributed by atoms with Crippen LogP contribution in [0.5, 0.6) is 0 Å². The second-order valence-electron chi connectivity index (χ2n) is 5.15. The molecule has 18 heavy (non-hydrogen) atoms. The van der Waals surface area contributed by atoms with E-state index >= 15 is 0 Å². The number of rotatable bonds is 5. The van der Waals surface area contributed by atoms with Crippen LogP contribution in [0, 0.1) is 0 Å². The largest absolute Gasteiger partial charge is 0.343 e. The van der Waals surface area contributed by atoms with Crippen LogP contribution >= 0.6 is 11.3 Å². The Kier molecular flexibility index (Phi) is 4.31. The van der Waals surface area contributed by atoms with E-state index in [1.165, 1.54) is 23.0 Å². The Labute approximate surface area is 115 Å². The molecule has 0 aliphatic carbocycles. The topological polar surface area (TPSA) is 18.5 Å². The van der Waals surface area contributed by atoms with Crippen molar-refractivity contribution in [3.05, 3.63) is 17.0 Å². The summed E-state index contributed by atoms with van der Waals surface area (Å²) in [5.41, 5.74) is 0. The summed E-state index contributed by atoms with van der Waals surface area (Å²) < 4.78 is 13.1. The van der Waals surface area contributed by atoms with Crippen LogP contribution in [-0.2, 0) is 15.3 Å². The highest BCUT2D eigenvalue weighted by molar-refractivity contribution is 7.27. The summed E-state index contributed by atoms with van der Waals surface area (Å²) in [6.07, 6.45) is 0. The molecule has 2 heterocycles. The number of thiophene rings is 1. The van der Waals surface area contributed by atoms with Crippen molar-refractivity contribution in [3.63, 3.8) is 0 Å². The van der Waals surface area contributed by atoms with Crippen molar-refractivity contribution in [2.45, 2.75) is 51.6 Å². The van der Waals surface area contributed by atoms with Crippen LogP contribution in [0.2, 0.25) is 18.1 Å². The van der Waals surface area contributed by atoms with Gasteiger partial charge in [0.25, 0.3) is 0 Å². The van der Waals surface area contributed by atoms with Crippen molar-refractivity contribution in [1.82, 2.24) is 0 Å². The lowest BCUT2D eigenvalue weighted by Gasteiger charge is -2.27. The highest BCUT2D eigenvalue weighted by Gasteiger charge is 2.37. The molecule has 0 atom stereocenters. The van der Waals surface area contributed by atoms with Crippen LogP contribution < -0.4 is 4.50 Å². The van der Waals surface area contributed by atoms with Crippen LogP contribution in [0.4, 0.5) is 0 Å². The summed E-state index contributed by atoms with van der Waals surface area (Å²) in [5, 5.41) is 0. The zero-order valence-corrected chi connectivity index (χ0v) is 13.7. The lowest BCUT2D eigenvalue weighted by atomic mass is 10.3. The van der Waals surface area contributed by atoms with Gasteiger partial charge >= 0.3 is 0 Å². The average Bonchev–Trinajstić information content (AvgIpc) is 3.02. The Morgan fingerprint density at radius 2 is 1.67 bits per heavy atom. The molecule has 102 valence electrons. The molecule has 0 amide bonds. The van der Waals surface area contributed by atoms with Crippen molar-refractivity contribution in [3.8, 4) is 0 Å². The standard InChI is InChI=1S/C14H24O2SSi/c1-5-18(6-2,7-3)13-9-8-12(17-13)14(4)15-10-11-16-14/h8-9H,5-7,10-11H2,1-4H3. The van der Waals surface area contributed by atoms with E-state index in [1.54, 1.807) is 4.50 Å². The Balaban J connectivity index is 2.29. The maximum atomic E-state index is 5.76. The van der Waals surface area contributed by atoms with E-state index in [0.29, 0.717) is 13.2 Å². The van der Waals surface area contributed by atoms with Gasteiger partial charge in [0, 0.05) is 0 Å². The van der Waals surface area contributed by atoms with Crippen molar-refractivity contribution in [2.75, 3.05) is 13.2 Å². The lowest BCUT2D eigenvalue weighted by Crippen LogP contribution is -2.43. The highest BCUT2D eigenvalue weighted by Crippen LogP contribution is 2.35. The van der Waals surface area contributed by atoms with E-state index < -0.39 is 13.9 Å². The van der Waals surface area contributed by atoms with Gasteiger partial charge in [-0.3, -0.25) is 0 Å². The molecular weight excluding hydrogens is 260 g/mol. The van der Waals surface area contributed by atoms with Gasteiger partial charge in [0.15, 0.2) is 0 Å². The maximum absolute atomic E-state index is 5.76. The molecule has 2 nitrogen and oxygen atoms in total. The van der Waals surface area contributed by atoms with E-state index in [9.17, 15) is 0 Å². The van der Waals surface area contributed by atoms with Crippen molar-refractivity contribution >= 4 is 23.9 Å². The third-order valence-electron chi connectivity index (χ3n) is 4.44. The van der Waals surface area contributed by atoms with Gasteiger partial charge in [0.2, 0.25) is 5.79 Å². The quantitative estimate of drug-likeness (QED) is 0.768. The predicted octanol–water partition coefficient (Wildman–Crippen LogP) is 3.68. The molecule has 2 rings (SSSR count). The first-order valence-electron chi connectivity index (χ1n) is 6.99. The fourth-order valence-electron chi connectivity index (χ4n) is 2.80. The van der Waals surface area contributed by atoms with Crippen molar-refractivity contribution < 1.29 is 9.47 Å². The first-order valence-corrected chi connectivity index (χ1v) is 10.4. The van der Waals surface area contributed by atoms with Gasteiger partial charge in [-0.15, -0.1) is 11.3 Å². The summed E-state index contributed by atoms with van der Waals surface area (Å²) in [4.78, 5) is 1.24. The van der Waals surface area contributed by atoms with Gasteiger partial charge < -0.3 is 9.47 Å². The fourth-order valence-corrected chi connectivity index (χ4v) is 9.09. The minimum atomic E-state index is -1.25. The van der Waals surface area contributed by atoms with Crippen LogP contribution in [0.3, 0.4) is 0 Å². The second-order valence-corrected chi connectivity index (χ2v) is 11.8. The Hall–Kier alpha value is -0.163. The summed E-state index contributed by atoms with van der Waals surface area (Å²) in [7, 11) is -1.25. The molecule has 1 fully saturated rings. The average molecular weight is 284 g/mol. The molecule has 1 saturated heterocycles. The zero-order valence-electron chi connectivity index (χ0n) is 11.9. The smallest absolute Gasteiger partial charge is 0.201 e. The molecule has 0 spiro atoms. The van der Waals surface area contributed by atoms with Gasteiger partial charge in [-0.2, -0.15) is 0 Å². The summed E-state index contributed by atoms with van der Waals surface area (Å²) in [6.45, 7) is 10.5.